The summed E-state index contributed by atoms with van der Waals surface area (Å²) in [6, 6.07) is 2.16. The van der Waals surface area contributed by atoms with E-state index in [9.17, 15) is 9.90 Å². The second-order valence-electron chi connectivity index (χ2n) is 5.34. The predicted molar refractivity (Wildman–Crippen MR) is 83.9 cm³/mol. The van der Waals surface area contributed by atoms with E-state index in [4.69, 9.17) is 0 Å². The number of nitrogens with one attached hydrogen (secondary N) is 1. The second-order valence-corrected chi connectivity index (χ2v) is 6.92. The standard InChI is InChI=1S/C15H22N2O2S/c1-4-20-12-6-5-11(8-12)17-14-13(15(18)19)9(2)7-10(3)16-14/h7,11-12H,4-6,8H2,1-3H3,(H,16,17)(H,18,19). The SMILES string of the molecule is CCSC1CCC(Nc2nc(C)cc(C)c2C(=O)O)C1. The summed E-state index contributed by atoms with van der Waals surface area (Å²) in [7, 11) is 0. The van der Waals surface area contributed by atoms with Crippen molar-refractivity contribution in [1.29, 1.82) is 0 Å². The second kappa shape index (κ2) is 6.48. The largest absolute Gasteiger partial charge is 0.478 e. The minimum atomic E-state index is -0.907. The van der Waals surface area contributed by atoms with Crippen LogP contribution in [-0.4, -0.2) is 33.1 Å². The van der Waals surface area contributed by atoms with Crippen molar-refractivity contribution in [3.63, 3.8) is 0 Å². The summed E-state index contributed by atoms with van der Waals surface area (Å²) in [6.07, 6.45) is 3.38. The van der Waals surface area contributed by atoms with Crippen LogP contribution < -0.4 is 5.32 Å². The molecule has 1 saturated carbocycles. The first-order valence-electron chi connectivity index (χ1n) is 7.11. The van der Waals surface area contributed by atoms with E-state index in [1.165, 1.54) is 6.42 Å². The molecule has 1 aromatic heterocycles. The molecule has 1 fully saturated rings. The lowest BCUT2D eigenvalue weighted by Gasteiger charge is -2.17. The maximum Gasteiger partial charge on any atom is 0.339 e. The van der Waals surface area contributed by atoms with Crippen molar-refractivity contribution in [1.82, 2.24) is 4.98 Å². The van der Waals surface area contributed by atoms with Crippen LogP contribution in [0.4, 0.5) is 5.82 Å². The number of nitrogens with zero attached hydrogens (tertiary/aromatic N) is 1. The molecule has 2 rings (SSSR count). The van der Waals surface area contributed by atoms with Crippen LogP contribution in [0.5, 0.6) is 0 Å². The highest BCUT2D eigenvalue weighted by atomic mass is 32.2. The van der Waals surface area contributed by atoms with Crippen molar-refractivity contribution in [3.8, 4) is 0 Å². The molecule has 1 aromatic rings. The lowest BCUT2D eigenvalue weighted by atomic mass is 10.1. The molecular formula is C15H22N2O2S. The lowest BCUT2D eigenvalue weighted by Crippen LogP contribution is -2.20. The Labute approximate surface area is 124 Å². The summed E-state index contributed by atoms with van der Waals surface area (Å²) in [5, 5.41) is 13.4. The summed E-state index contributed by atoms with van der Waals surface area (Å²) < 4.78 is 0. The Hall–Kier alpha value is -1.23. The number of carboxylic acids is 1. The number of rotatable bonds is 5. The molecule has 0 radical (unpaired) electrons. The Morgan fingerprint density at radius 3 is 2.90 bits per heavy atom. The number of aryl methyl sites for hydroxylation is 2. The van der Waals surface area contributed by atoms with Gasteiger partial charge in [-0.2, -0.15) is 11.8 Å². The van der Waals surface area contributed by atoms with E-state index in [2.05, 4.69) is 17.2 Å². The molecule has 1 heterocycles. The van der Waals surface area contributed by atoms with Gasteiger partial charge in [-0.05, 0) is 50.5 Å². The highest BCUT2D eigenvalue weighted by molar-refractivity contribution is 7.99. The number of carboxylic acid groups (broad SMARTS) is 1. The summed E-state index contributed by atoms with van der Waals surface area (Å²) in [5.74, 6) is 0.761. The van der Waals surface area contributed by atoms with E-state index in [0.29, 0.717) is 22.7 Å². The van der Waals surface area contributed by atoms with Gasteiger partial charge in [0.2, 0.25) is 0 Å². The van der Waals surface area contributed by atoms with Gasteiger partial charge in [-0.3, -0.25) is 0 Å². The first-order valence-corrected chi connectivity index (χ1v) is 8.15. The maximum absolute atomic E-state index is 11.4. The fourth-order valence-corrected chi connectivity index (χ4v) is 4.01. The van der Waals surface area contributed by atoms with E-state index in [1.54, 1.807) is 0 Å². The smallest absolute Gasteiger partial charge is 0.339 e. The molecule has 4 nitrogen and oxygen atoms in total. The van der Waals surface area contributed by atoms with Gasteiger partial charge >= 0.3 is 5.97 Å². The van der Waals surface area contributed by atoms with Crippen LogP contribution in [0.25, 0.3) is 0 Å². The average Bonchev–Trinajstić information content (AvgIpc) is 2.75. The summed E-state index contributed by atoms with van der Waals surface area (Å²) in [4.78, 5) is 15.8. The first-order chi connectivity index (χ1) is 9.51. The number of anilines is 1. The third-order valence-electron chi connectivity index (χ3n) is 3.69. The Bertz CT molecular complexity index is 505. The molecule has 2 N–H and O–H groups in total. The Balaban J connectivity index is 2.15. The molecule has 20 heavy (non-hydrogen) atoms. The number of carbonyl (C=O) groups is 1. The summed E-state index contributed by atoms with van der Waals surface area (Å²) >= 11 is 1.99. The van der Waals surface area contributed by atoms with Gasteiger partial charge < -0.3 is 10.4 Å². The van der Waals surface area contributed by atoms with E-state index < -0.39 is 5.97 Å². The molecule has 1 aliphatic carbocycles. The van der Waals surface area contributed by atoms with Crippen molar-refractivity contribution >= 4 is 23.5 Å². The minimum absolute atomic E-state index is 0.308. The molecule has 0 aromatic carbocycles. The summed E-state index contributed by atoms with van der Waals surface area (Å²) in [5.41, 5.74) is 1.93. The van der Waals surface area contributed by atoms with Crippen LogP contribution in [0.1, 0.15) is 47.8 Å². The molecule has 110 valence electrons. The zero-order chi connectivity index (χ0) is 14.7. The van der Waals surface area contributed by atoms with Gasteiger partial charge in [-0.25, -0.2) is 9.78 Å². The van der Waals surface area contributed by atoms with Gasteiger partial charge in [-0.1, -0.05) is 6.92 Å². The minimum Gasteiger partial charge on any atom is -0.478 e. The van der Waals surface area contributed by atoms with Crippen LogP contribution in [0, 0.1) is 13.8 Å². The van der Waals surface area contributed by atoms with Gasteiger partial charge in [0.05, 0.1) is 0 Å². The molecule has 1 aliphatic rings. The molecule has 0 spiro atoms. The van der Waals surface area contributed by atoms with Gasteiger partial charge in [0.15, 0.2) is 0 Å². The molecule has 5 heteroatoms. The first kappa shape index (κ1) is 15.2. The van der Waals surface area contributed by atoms with Crippen LogP contribution in [0.2, 0.25) is 0 Å². The lowest BCUT2D eigenvalue weighted by molar-refractivity contribution is 0.0696. The molecular weight excluding hydrogens is 272 g/mol. The zero-order valence-electron chi connectivity index (χ0n) is 12.3. The maximum atomic E-state index is 11.4. The van der Waals surface area contributed by atoms with E-state index in [-0.39, 0.29) is 0 Å². The van der Waals surface area contributed by atoms with Crippen LogP contribution in [0.3, 0.4) is 0 Å². The molecule has 2 unspecified atom stereocenters. The monoisotopic (exact) mass is 294 g/mol. The fourth-order valence-electron chi connectivity index (χ4n) is 2.86. The van der Waals surface area contributed by atoms with Gasteiger partial charge in [-0.15, -0.1) is 0 Å². The summed E-state index contributed by atoms with van der Waals surface area (Å²) in [6.45, 7) is 5.90. The van der Waals surface area contributed by atoms with Crippen molar-refractivity contribution in [2.45, 2.75) is 51.3 Å². The number of pyridine rings is 1. The van der Waals surface area contributed by atoms with Crippen molar-refractivity contribution in [2.24, 2.45) is 0 Å². The number of thioether (sulfide) groups is 1. The van der Waals surface area contributed by atoms with Crippen LogP contribution in [0.15, 0.2) is 6.07 Å². The third kappa shape index (κ3) is 3.45. The van der Waals surface area contributed by atoms with Crippen LogP contribution in [-0.2, 0) is 0 Å². The Morgan fingerprint density at radius 1 is 1.50 bits per heavy atom. The van der Waals surface area contributed by atoms with E-state index in [0.717, 1.165) is 29.9 Å². The van der Waals surface area contributed by atoms with Gasteiger partial charge in [0.1, 0.15) is 11.4 Å². The number of hydrogen-bond donors (Lipinski definition) is 2. The predicted octanol–water partition coefficient (Wildman–Crippen LogP) is 3.48. The quantitative estimate of drug-likeness (QED) is 0.870. The van der Waals surface area contributed by atoms with Crippen molar-refractivity contribution < 1.29 is 9.90 Å². The number of hydrogen-bond acceptors (Lipinski definition) is 4. The number of aromatic carboxylic acids is 1. The van der Waals surface area contributed by atoms with Crippen molar-refractivity contribution in [3.05, 3.63) is 22.9 Å². The average molecular weight is 294 g/mol. The third-order valence-corrected chi connectivity index (χ3v) is 4.92. The van der Waals surface area contributed by atoms with E-state index in [1.807, 2.05) is 31.7 Å². The fraction of sp³-hybridized carbons (Fsp3) is 0.600. The van der Waals surface area contributed by atoms with E-state index >= 15 is 0 Å². The molecule has 0 saturated heterocycles. The molecule has 0 amide bonds. The highest BCUT2D eigenvalue weighted by Crippen LogP contribution is 2.32. The Kier molecular flexibility index (Phi) is 4.91. The van der Waals surface area contributed by atoms with Crippen molar-refractivity contribution in [2.75, 3.05) is 11.1 Å². The van der Waals surface area contributed by atoms with Gasteiger partial charge in [0, 0.05) is 17.0 Å². The topological polar surface area (TPSA) is 62.2 Å². The molecule has 0 aliphatic heterocycles. The van der Waals surface area contributed by atoms with Crippen LogP contribution >= 0.6 is 11.8 Å². The zero-order valence-corrected chi connectivity index (χ0v) is 13.1. The number of aromatic nitrogens is 1. The molecule has 0 bridgehead atoms. The highest BCUT2D eigenvalue weighted by Gasteiger charge is 2.26. The Morgan fingerprint density at radius 2 is 2.25 bits per heavy atom. The molecule has 2 atom stereocenters. The van der Waals surface area contributed by atoms with Gasteiger partial charge in [0.25, 0.3) is 0 Å². The normalized spacial score (nSPS) is 21.9.